The second-order valence-electron chi connectivity index (χ2n) is 5.86. The molecule has 1 aromatic rings. The minimum Gasteiger partial charge on any atom is -0.307 e. The number of aryl methyl sites for hydroxylation is 1. The Bertz CT molecular complexity index is 350. The van der Waals surface area contributed by atoms with Crippen molar-refractivity contribution in [2.24, 2.45) is 5.92 Å². The Morgan fingerprint density at radius 2 is 1.83 bits per heavy atom. The molecule has 1 fully saturated rings. The SMILES string of the molecule is CCCCc1ccc(C(C)NC(C)C2CC2)cc1. The van der Waals surface area contributed by atoms with Gasteiger partial charge in [0.25, 0.3) is 0 Å². The number of nitrogens with one attached hydrogen (secondary N) is 1. The van der Waals surface area contributed by atoms with Crippen LogP contribution in [0.15, 0.2) is 24.3 Å². The van der Waals surface area contributed by atoms with Gasteiger partial charge in [-0.3, -0.25) is 0 Å². The van der Waals surface area contributed by atoms with E-state index in [1.54, 1.807) is 0 Å². The summed E-state index contributed by atoms with van der Waals surface area (Å²) < 4.78 is 0. The number of hydrogen-bond donors (Lipinski definition) is 1. The highest BCUT2D eigenvalue weighted by atomic mass is 15.0. The van der Waals surface area contributed by atoms with Crippen LogP contribution in [0, 0.1) is 5.92 Å². The van der Waals surface area contributed by atoms with E-state index >= 15 is 0 Å². The second kappa shape index (κ2) is 6.38. The van der Waals surface area contributed by atoms with Crippen LogP contribution in [0.1, 0.15) is 63.6 Å². The molecular formula is C17H27N. The molecule has 0 amide bonds. The van der Waals surface area contributed by atoms with Gasteiger partial charge in [-0.2, -0.15) is 0 Å². The minimum absolute atomic E-state index is 0.473. The fourth-order valence-corrected chi connectivity index (χ4v) is 2.58. The molecule has 0 heterocycles. The molecule has 1 N–H and O–H groups in total. The van der Waals surface area contributed by atoms with Gasteiger partial charge in [0.15, 0.2) is 0 Å². The molecule has 1 aromatic carbocycles. The quantitative estimate of drug-likeness (QED) is 0.747. The summed E-state index contributed by atoms with van der Waals surface area (Å²) in [4.78, 5) is 0. The van der Waals surface area contributed by atoms with Gasteiger partial charge in [0.05, 0.1) is 0 Å². The Balaban J connectivity index is 1.87. The fraction of sp³-hybridized carbons (Fsp3) is 0.647. The van der Waals surface area contributed by atoms with Gasteiger partial charge in [0.1, 0.15) is 0 Å². The third-order valence-corrected chi connectivity index (χ3v) is 4.14. The van der Waals surface area contributed by atoms with E-state index in [1.807, 2.05) is 0 Å². The maximum absolute atomic E-state index is 3.72. The van der Waals surface area contributed by atoms with Crippen molar-refractivity contribution >= 4 is 0 Å². The van der Waals surface area contributed by atoms with Crippen molar-refractivity contribution in [1.82, 2.24) is 5.32 Å². The molecule has 0 aliphatic heterocycles. The predicted molar refractivity (Wildman–Crippen MR) is 78.8 cm³/mol. The van der Waals surface area contributed by atoms with Crippen molar-refractivity contribution in [1.29, 1.82) is 0 Å². The van der Waals surface area contributed by atoms with Gasteiger partial charge < -0.3 is 5.32 Å². The van der Waals surface area contributed by atoms with Crippen LogP contribution in [0.5, 0.6) is 0 Å². The summed E-state index contributed by atoms with van der Waals surface area (Å²) >= 11 is 0. The van der Waals surface area contributed by atoms with Crippen LogP contribution in [-0.2, 0) is 6.42 Å². The van der Waals surface area contributed by atoms with Crippen molar-refractivity contribution in [3.05, 3.63) is 35.4 Å². The Morgan fingerprint density at radius 3 is 2.39 bits per heavy atom. The fourth-order valence-electron chi connectivity index (χ4n) is 2.58. The molecule has 1 aliphatic carbocycles. The Hall–Kier alpha value is -0.820. The normalized spacial score (nSPS) is 18.6. The van der Waals surface area contributed by atoms with E-state index in [9.17, 15) is 0 Å². The third kappa shape index (κ3) is 3.84. The lowest BCUT2D eigenvalue weighted by atomic mass is 10.0. The summed E-state index contributed by atoms with van der Waals surface area (Å²) in [5, 5.41) is 3.72. The summed E-state index contributed by atoms with van der Waals surface area (Å²) in [5.74, 6) is 0.927. The first-order valence-corrected chi connectivity index (χ1v) is 7.55. The van der Waals surface area contributed by atoms with Gasteiger partial charge in [0, 0.05) is 12.1 Å². The van der Waals surface area contributed by atoms with Gasteiger partial charge in [-0.05, 0) is 56.6 Å². The first-order valence-electron chi connectivity index (χ1n) is 7.55. The van der Waals surface area contributed by atoms with Crippen LogP contribution in [-0.4, -0.2) is 6.04 Å². The molecule has 2 unspecified atom stereocenters. The largest absolute Gasteiger partial charge is 0.307 e. The van der Waals surface area contributed by atoms with Crippen LogP contribution in [0.2, 0.25) is 0 Å². The third-order valence-electron chi connectivity index (χ3n) is 4.14. The molecule has 0 aromatic heterocycles. The van der Waals surface area contributed by atoms with Crippen LogP contribution < -0.4 is 5.32 Å². The van der Waals surface area contributed by atoms with Gasteiger partial charge in [0.2, 0.25) is 0 Å². The molecule has 0 bridgehead atoms. The molecule has 100 valence electrons. The molecule has 0 radical (unpaired) electrons. The molecule has 0 saturated heterocycles. The first kappa shape index (κ1) is 13.6. The molecular weight excluding hydrogens is 218 g/mol. The first-order chi connectivity index (χ1) is 8.70. The molecule has 1 saturated carbocycles. The van der Waals surface area contributed by atoms with E-state index in [2.05, 4.69) is 50.4 Å². The molecule has 2 atom stereocenters. The number of hydrogen-bond acceptors (Lipinski definition) is 1. The van der Waals surface area contributed by atoms with Crippen molar-refractivity contribution in [2.75, 3.05) is 0 Å². The van der Waals surface area contributed by atoms with E-state index in [-0.39, 0.29) is 0 Å². The maximum Gasteiger partial charge on any atom is 0.0294 e. The Morgan fingerprint density at radius 1 is 1.17 bits per heavy atom. The highest BCUT2D eigenvalue weighted by molar-refractivity contribution is 5.25. The molecule has 1 nitrogen and oxygen atoms in total. The summed E-state index contributed by atoms with van der Waals surface area (Å²) in [6.07, 6.45) is 6.62. The summed E-state index contributed by atoms with van der Waals surface area (Å²) in [6.45, 7) is 6.85. The highest BCUT2D eigenvalue weighted by Gasteiger charge is 2.28. The molecule has 1 aliphatic rings. The zero-order chi connectivity index (χ0) is 13.0. The van der Waals surface area contributed by atoms with Gasteiger partial charge in [-0.25, -0.2) is 0 Å². The van der Waals surface area contributed by atoms with Crippen LogP contribution in [0.4, 0.5) is 0 Å². The summed E-state index contributed by atoms with van der Waals surface area (Å²) in [7, 11) is 0. The molecule has 18 heavy (non-hydrogen) atoms. The van der Waals surface area contributed by atoms with Crippen molar-refractivity contribution in [3.8, 4) is 0 Å². The molecule has 0 spiro atoms. The Kier molecular flexibility index (Phi) is 4.82. The second-order valence-corrected chi connectivity index (χ2v) is 5.86. The monoisotopic (exact) mass is 245 g/mol. The van der Waals surface area contributed by atoms with E-state index in [1.165, 1.54) is 43.2 Å². The lowest BCUT2D eigenvalue weighted by Gasteiger charge is -2.20. The molecule has 1 heteroatoms. The molecule has 2 rings (SSSR count). The zero-order valence-electron chi connectivity index (χ0n) is 12.1. The standard InChI is InChI=1S/C17H27N/c1-4-5-6-15-7-9-16(10-8-15)13(2)18-14(3)17-11-12-17/h7-10,13-14,17-18H,4-6,11-12H2,1-3H3. The van der Waals surface area contributed by atoms with Gasteiger partial charge >= 0.3 is 0 Å². The predicted octanol–water partition coefficient (Wildman–Crippen LogP) is 4.48. The van der Waals surface area contributed by atoms with Crippen molar-refractivity contribution in [3.63, 3.8) is 0 Å². The van der Waals surface area contributed by atoms with Gasteiger partial charge in [-0.1, -0.05) is 37.6 Å². The van der Waals surface area contributed by atoms with E-state index in [0.717, 1.165) is 5.92 Å². The van der Waals surface area contributed by atoms with E-state index < -0.39 is 0 Å². The summed E-state index contributed by atoms with van der Waals surface area (Å²) in [6, 6.07) is 10.3. The van der Waals surface area contributed by atoms with E-state index in [0.29, 0.717) is 12.1 Å². The Labute approximate surface area is 112 Å². The lowest BCUT2D eigenvalue weighted by molar-refractivity contribution is 0.441. The summed E-state index contributed by atoms with van der Waals surface area (Å²) in [5.41, 5.74) is 2.89. The van der Waals surface area contributed by atoms with Crippen LogP contribution in [0.3, 0.4) is 0 Å². The van der Waals surface area contributed by atoms with Crippen LogP contribution >= 0.6 is 0 Å². The minimum atomic E-state index is 0.473. The van der Waals surface area contributed by atoms with Crippen molar-refractivity contribution < 1.29 is 0 Å². The smallest absolute Gasteiger partial charge is 0.0294 e. The van der Waals surface area contributed by atoms with Crippen molar-refractivity contribution in [2.45, 2.75) is 65.0 Å². The number of unbranched alkanes of at least 4 members (excludes halogenated alkanes) is 1. The maximum atomic E-state index is 3.72. The van der Waals surface area contributed by atoms with Gasteiger partial charge in [-0.15, -0.1) is 0 Å². The average Bonchev–Trinajstić information content (AvgIpc) is 3.21. The highest BCUT2D eigenvalue weighted by Crippen LogP contribution is 2.33. The topological polar surface area (TPSA) is 12.0 Å². The van der Waals surface area contributed by atoms with E-state index in [4.69, 9.17) is 0 Å². The zero-order valence-corrected chi connectivity index (χ0v) is 12.1. The lowest BCUT2D eigenvalue weighted by Crippen LogP contribution is -2.30. The average molecular weight is 245 g/mol. The number of benzene rings is 1. The van der Waals surface area contributed by atoms with Crippen LogP contribution in [0.25, 0.3) is 0 Å². The number of rotatable bonds is 7.